The van der Waals surface area contributed by atoms with E-state index in [9.17, 15) is 4.79 Å². The van der Waals surface area contributed by atoms with Crippen molar-refractivity contribution >= 4 is 11.8 Å². The zero-order chi connectivity index (χ0) is 13.7. The molecule has 98 valence electrons. The van der Waals surface area contributed by atoms with Crippen LogP contribution in [0.15, 0.2) is 48.8 Å². The number of pyridine rings is 1. The third-order valence-corrected chi connectivity index (χ3v) is 2.80. The topological polar surface area (TPSA) is 42.4 Å². The molecule has 1 aromatic carbocycles. The molecule has 4 heteroatoms. The van der Waals surface area contributed by atoms with Gasteiger partial charge < -0.3 is 4.74 Å². The summed E-state index contributed by atoms with van der Waals surface area (Å²) in [4.78, 5) is 17.5. The average Bonchev–Trinajstić information content (AvgIpc) is 2.46. The quantitative estimate of drug-likeness (QED) is 0.847. The van der Waals surface area contributed by atoms with Crippen LogP contribution >= 0.6 is 0 Å². The minimum absolute atomic E-state index is 0.382. The van der Waals surface area contributed by atoms with E-state index in [2.05, 4.69) is 4.98 Å². The first kappa shape index (κ1) is 13.1. The summed E-state index contributed by atoms with van der Waals surface area (Å²) in [6, 6.07) is 11.5. The fourth-order valence-corrected chi connectivity index (χ4v) is 1.77. The number of methoxy groups -OCH3 is 1. The highest BCUT2D eigenvalue weighted by molar-refractivity contribution is 5.87. The number of anilines is 1. The van der Waals surface area contributed by atoms with Crippen LogP contribution in [0, 0.1) is 6.92 Å². The Bertz CT molecular complexity index is 538. The van der Waals surface area contributed by atoms with E-state index in [0.717, 1.165) is 16.8 Å². The van der Waals surface area contributed by atoms with Crippen LogP contribution in [-0.2, 0) is 11.3 Å². The molecule has 0 atom stereocenters. The number of carbonyl (C=O) groups is 1. The third-order valence-electron chi connectivity index (χ3n) is 2.80. The van der Waals surface area contributed by atoms with Crippen LogP contribution in [0.4, 0.5) is 10.5 Å². The van der Waals surface area contributed by atoms with Gasteiger partial charge in [0.25, 0.3) is 0 Å². The number of ether oxygens (including phenoxy) is 1. The number of nitrogens with zero attached hydrogens (tertiary/aromatic N) is 2. The van der Waals surface area contributed by atoms with Gasteiger partial charge in [0, 0.05) is 18.1 Å². The molecule has 4 nitrogen and oxygen atoms in total. The molecule has 0 saturated carbocycles. The van der Waals surface area contributed by atoms with Gasteiger partial charge in [-0.05, 0) is 30.7 Å². The minimum atomic E-state index is -0.382. The predicted molar refractivity (Wildman–Crippen MR) is 74.0 cm³/mol. The van der Waals surface area contributed by atoms with Crippen molar-refractivity contribution in [3.8, 4) is 0 Å². The molecule has 0 fully saturated rings. The van der Waals surface area contributed by atoms with Gasteiger partial charge in [0.15, 0.2) is 0 Å². The maximum absolute atomic E-state index is 11.9. The second kappa shape index (κ2) is 6.00. The molecular formula is C15H16N2O2. The Hall–Kier alpha value is -2.36. The molecule has 0 bridgehead atoms. The summed E-state index contributed by atoms with van der Waals surface area (Å²) in [5.41, 5.74) is 2.91. The molecule has 1 aromatic heterocycles. The lowest BCUT2D eigenvalue weighted by molar-refractivity contribution is 0.178. The van der Waals surface area contributed by atoms with Gasteiger partial charge in [-0.2, -0.15) is 0 Å². The Kier molecular flexibility index (Phi) is 4.13. The third kappa shape index (κ3) is 3.31. The Morgan fingerprint density at radius 2 is 2.00 bits per heavy atom. The summed E-state index contributed by atoms with van der Waals surface area (Å²) < 4.78 is 4.84. The van der Waals surface area contributed by atoms with Crippen LogP contribution in [0.2, 0.25) is 0 Å². The first-order valence-corrected chi connectivity index (χ1v) is 6.02. The normalized spacial score (nSPS) is 10.0. The Morgan fingerprint density at radius 3 is 2.58 bits per heavy atom. The van der Waals surface area contributed by atoms with E-state index < -0.39 is 0 Å². The molecule has 0 aliphatic heterocycles. The number of amides is 1. The van der Waals surface area contributed by atoms with Gasteiger partial charge in [0.2, 0.25) is 0 Å². The van der Waals surface area contributed by atoms with E-state index in [0.29, 0.717) is 6.54 Å². The lowest BCUT2D eigenvalue weighted by Gasteiger charge is -2.21. The zero-order valence-electron chi connectivity index (χ0n) is 11.0. The van der Waals surface area contributed by atoms with Crippen molar-refractivity contribution in [2.45, 2.75) is 13.5 Å². The highest BCUT2D eigenvalue weighted by atomic mass is 16.5. The van der Waals surface area contributed by atoms with Gasteiger partial charge in [-0.15, -0.1) is 0 Å². The number of carbonyl (C=O) groups excluding carboxylic acids is 1. The number of aryl methyl sites for hydroxylation is 1. The summed E-state index contributed by atoms with van der Waals surface area (Å²) in [5, 5.41) is 0. The molecule has 2 aromatic rings. The summed E-state index contributed by atoms with van der Waals surface area (Å²) in [5.74, 6) is 0. The highest BCUT2D eigenvalue weighted by Gasteiger charge is 2.16. The molecule has 0 aliphatic rings. The van der Waals surface area contributed by atoms with Crippen LogP contribution in [0.25, 0.3) is 0 Å². The number of hydrogen-bond donors (Lipinski definition) is 0. The molecular weight excluding hydrogens is 240 g/mol. The number of hydrogen-bond acceptors (Lipinski definition) is 3. The van der Waals surface area contributed by atoms with Crippen molar-refractivity contribution in [1.82, 2.24) is 4.98 Å². The highest BCUT2D eigenvalue weighted by Crippen LogP contribution is 2.18. The Balaban J connectivity index is 2.26. The van der Waals surface area contributed by atoms with E-state index >= 15 is 0 Å². The largest absolute Gasteiger partial charge is 0.452 e. The van der Waals surface area contributed by atoms with Crippen molar-refractivity contribution in [2.75, 3.05) is 12.0 Å². The van der Waals surface area contributed by atoms with Gasteiger partial charge in [0.05, 0.1) is 13.7 Å². The summed E-state index contributed by atoms with van der Waals surface area (Å²) >= 11 is 0. The maximum Gasteiger partial charge on any atom is 0.414 e. The lowest BCUT2D eigenvalue weighted by Crippen LogP contribution is -2.30. The molecule has 19 heavy (non-hydrogen) atoms. The smallest absolute Gasteiger partial charge is 0.414 e. The summed E-state index contributed by atoms with van der Waals surface area (Å²) in [7, 11) is 1.38. The molecule has 0 N–H and O–H groups in total. The summed E-state index contributed by atoms with van der Waals surface area (Å²) in [6.45, 7) is 2.44. The molecule has 0 saturated heterocycles. The summed E-state index contributed by atoms with van der Waals surface area (Å²) in [6.07, 6.45) is 3.06. The Labute approximate surface area is 112 Å². The molecule has 0 spiro atoms. The van der Waals surface area contributed by atoms with Crippen molar-refractivity contribution in [2.24, 2.45) is 0 Å². The molecule has 0 radical (unpaired) electrons. The van der Waals surface area contributed by atoms with Gasteiger partial charge in [-0.3, -0.25) is 9.88 Å². The van der Waals surface area contributed by atoms with Crippen LogP contribution in [0.5, 0.6) is 0 Å². The van der Waals surface area contributed by atoms with E-state index in [1.54, 1.807) is 17.3 Å². The van der Waals surface area contributed by atoms with Gasteiger partial charge in [0.1, 0.15) is 0 Å². The minimum Gasteiger partial charge on any atom is -0.452 e. The molecule has 1 heterocycles. The second-order valence-electron chi connectivity index (χ2n) is 4.25. The van der Waals surface area contributed by atoms with Gasteiger partial charge in [-0.1, -0.05) is 23.8 Å². The monoisotopic (exact) mass is 256 g/mol. The van der Waals surface area contributed by atoms with E-state index in [4.69, 9.17) is 4.74 Å². The van der Waals surface area contributed by atoms with Crippen molar-refractivity contribution in [3.05, 3.63) is 59.9 Å². The van der Waals surface area contributed by atoms with Crippen molar-refractivity contribution in [3.63, 3.8) is 0 Å². The van der Waals surface area contributed by atoms with Crippen molar-refractivity contribution < 1.29 is 9.53 Å². The van der Waals surface area contributed by atoms with Crippen LogP contribution < -0.4 is 4.90 Å². The van der Waals surface area contributed by atoms with Crippen molar-refractivity contribution in [1.29, 1.82) is 0 Å². The first-order valence-electron chi connectivity index (χ1n) is 6.02. The van der Waals surface area contributed by atoms with E-state index in [1.165, 1.54) is 7.11 Å². The first-order chi connectivity index (χ1) is 9.20. The van der Waals surface area contributed by atoms with Crippen LogP contribution in [0.1, 0.15) is 11.1 Å². The Morgan fingerprint density at radius 1 is 1.26 bits per heavy atom. The van der Waals surface area contributed by atoms with E-state index in [1.807, 2.05) is 43.3 Å². The standard InChI is InChI=1S/C15H16N2O2/c1-12-5-7-14(8-6-12)17(15(18)19-2)11-13-4-3-9-16-10-13/h3-10H,11H2,1-2H3. The van der Waals surface area contributed by atoms with Gasteiger partial charge in [-0.25, -0.2) is 4.79 Å². The lowest BCUT2D eigenvalue weighted by atomic mass is 10.2. The van der Waals surface area contributed by atoms with Crippen LogP contribution in [-0.4, -0.2) is 18.2 Å². The number of aromatic nitrogens is 1. The average molecular weight is 256 g/mol. The van der Waals surface area contributed by atoms with Crippen LogP contribution in [0.3, 0.4) is 0 Å². The fourth-order valence-electron chi connectivity index (χ4n) is 1.77. The maximum atomic E-state index is 11.9. The number of rotatable bonds is 3. The number of benzene rings is 1. The molecule has 0 aliphatic carbocycles. The molecule has 2 rings (SSSR count). The van der Waals surface area contributed by atoms with Gasteiger partial charge >= 0.3 is 6.09 Å². The molecule has 1 amide bonds. The zero-order valence-corrected chi connectivity index (χ0v) is 11.0. The SMILES string of the molecule is COC(=O)N(Cc1cccnc1)c1ccc(C)cc1. The molecule has 0 unspecified atom stereocenters. The van der Waals surface area contributed by atoms with E-state index in [-0.39, 0.29) is 6.09 Å². The predicted octanol–water partition coefficient (Wildman–Crippen LogP) is 3.16. The fraction of sp³-hybridized carbons (Fsp3) is 0.200. The second-order valence-corrected chi connectivity index (χ2v) is 4.25.